The molecule has 146 valence electrons. The zero-order chi connectivity index (χ0) is 20.1. The molecule has 0 saturated heterocycles. The van der Waals surface area contributed by atoms with E-state index in [-0.39, 0.29) is 11.7 Å². The van der Waals surface area contributed by atoms with Gasteiger partial charge in [0.1, 0.15) is 0 Å². The number of amides is 1. The second kappa shape index (κ2) is 9.01. The molecule has 6 nitrogen and oxygen atoms in total. The molecule has 3 aromatic rings. The van der Waals surface area contributed by atoms with E-state index in [2.05, 4.69) is 46.7 Å². The van der Waals surface area contributed by atoms with Crippen molar-refractivity contribution in [2.45, 2.75) is 38.9 Å². The number of tetrazole rings is 1. The summed E-state index contributed by atoms with van der Waals surface area (Å²) in [5, 5.41) is 12.6. The number of carbonyl (C=O) groups is 1. The molecule has 0 unspecified atom stereocenters. The van der Waals surface area contributed by atoms with E-state index in [4.69, 9.17) is 0 Å². The van der Waals surface area contributed by atoms with Crippen molar-refractivity contribution in [3.63, 3.8) is 0 Å². The van der Waals surface area contributed by atoms with E-state index >= 15 is 0 Å². The van der Waals surface area contributed by atoms with E-state index in [1.54, 1.807) is 9.58 Å². The number of hydrogen-bond acceptors (Lipinski definition) is 5. The number of benzene rings is 2. The van der Waals surface area contributed by atoms with Crippen molar-refractivity contribution in [1.29, 1.82) is 0 Å². The van der Waals surface area contributed by atoms with Gasteiger partial charge in [0, 0.05) is 13.6 Å². The average molecular weight is 396 g/mol. The zero-order valence-electron chi connectivity index (χ0n) is 16.7. The maximum Gasteiger partial charge on any atom is 0.233 e. The lowest BCUT2D eigenvalue weighted by Crippen LogP contribution is -2.27. The first-order chi connectivity index (χ1) is 13.5. The number of para-hydroxylation sites is 1. The minimum absolute atomic E-state index is 0.0422. The Hall–Kier alpha value is -2.67. The summed E-state index contributed by atoms with van der Waals surface area (Å²) in [6.45, 7) is 6.78. The second-order valence-corrected chi connectivity index (χ2v) is 7.76. The lowest BCUT2D eigenvalue weighted by molar-refractivity contribution is -0.127. The van der Waals surface area contributed by atoms with Crippen molar-refractivity contribution in [1.82, 2.24) is 25.1 Å². The Balaban J connectivity index is 1.64. The van der Waals surface area contributed by atoms with Crippen LogP contribution in [0.4, 0.5) is 0 Å². The molecule has 0 atom stereocenters. The minimum Gasteiger partial charge on any atom is -0.341 e. The van der Waals surface area contributed by atoms with Gasteiger partial charge in [-0.15, -0.1) is 5.10 Å². The van der Waals surface area contributed by atoms with Gasteiger partial charge in [-0.1, -0.05) is 61.2 Å². The highest BCUT2D eigenvalue weighted by Gasteiger charge is 2.16. The molecular formula is C21H25N5OS. The van der Waals surface area contributed by atoms with Crippen LogP contribution in [0.5, 0.6) is 0 Å². The summed E-state index contributed by atoms with van der Waals surface area (Å²) in [6.07, 6.45) is 1.01. The molecule has 0 radical (unpaired) electrons. The zero-order valence-corrected chi connectivity index (χ0v) is 17.5. The number of carbonyl (C=O) groups excluding carboxylic acids is 1. The second-order valence-electron chi connectivity index (χ2n) is 6.82. The molecule has 0 aliphatic heterocycles. The van der Waals surface area contributed by atoms with Crippen molar-refractivity contribution in [3.05, 3.63) is 64.7 Å². The Morgan fingerprint density at radius 1 is 1.07 bits per heavy atom. The lowest BCUT2D eigenvalue weighted by Gasteiger charge is -2.17. The molecule has 7 heteroatoms. The van der Waals surface area contributed by atoms with Gasteiger partial charge in [-0.2, -0.15) is 4.68 Å². The molecule has 0 saturated carbocycles. The molecule has 2 aromatic carbocycles. The highest BCUT2D eigenvalue weighted by Crippen LogP contribution is 2.23. The summed E-state index contributed by atoms with van der Waals surface area (Å²) in [5.41, 5.74) is 5.57. The number of thioether (sulfide) groups is 1. The minimum atomic E-state index is 0.0422. The summed E-state index contributed by atoms with van der Waals surface area (Å²) in [7, 11) is 1.82. The fourth-order valence-corrected chi connectivity index (χ4v) is 3.85. The van der Waals surface area contributed by atoms with Crippen molar-refractivity contribution >= 4 is 17.7 Å². The van der Waals surface area contributed by atoms with Crippen LogP contribution in [0.2, 0.25) is 0 Å². The molecule has 28 heavy (non-hydrogen) atoms. The van der Waals surface area contributed by atoms with E-state index in [1.165, 1.54) is 17.3 Å². The summed E-state index contributed by atoms with van der Waals surface area (Å²) in [4.78, 5) is 14.3. The number of hydrogen-bond donors (Lipinski definition) is 0. The summed E-state index contributed by atoms with van der Waals surface area (Å²) in [5.74, 6) is 0.329. The van der Waals surface area contributed by atoms with Gasteiger partial charge in [-0.3, -0.25) is 4.79 Å². The van der Waals surface area contributed by atoms with Crippen LogP contribution in [0.15, 0.2) is 47.6 Å². The van der Waals surface area contributed by atoms with Crippen LogP contribution in [0.25, 0.3) is 5.69 Å². The number of rotatable bonds is 7. The van der Waals surface area contributed by atoms with E-state index < -0.39 is 0 Å². The fourth-order valence-electron chi connectivity index (χ4n) is 3.03. The third kappa shape index (κ3) is 4.59. The molecule has 1 amide bonds. The molecule has 0 N–H and O–H groups in total. The van der Waals surface area contributed by atoms with Crippen LogP contribution >= 0.6 is 11.8 Å². The molecule has 0 spiro atoms. The smallest absolute Gasteiger partial charge is 0.233 e. The van der Waals surface area contributed by atoms with Crippen LogP contribution in [-0.2, 0) is 17.8 Å². The maximum absolute atomic E-state index is 12.6. The standard InChI is InChI=1S/C21H25N5OS/c1-5-17-9-11-18(12-10-17)13-25(4)19(27)14-28-21-22-23-24-26(21)20-15(2)7-6-8-16(20)3/h6-12H,5,13-14H2,1-4H3. The van der Waals surface area contributed by atoms with Gasteiger partial charge < -0.3 is 4.90 Å². The van der Waals surface area contributed by atoms with Crippen LogP contribution < -0.4 is 0 Å². The molecule has 1 heterocycles. The first-order valence-corrected chi connectivity index (χ1v) is 10.3. The summed E-state index contributed by atoms with van der Waals surface area (Å²) in [6, 6.07) is 14.5. The van der Waals surface area contributed by atoms with Crippen LogP contribution in [0, 0.1) is 13.8 Å². The van der Waals surface area contributed by atoms with Crippen molar-refractivity contribution in [2.24, 2.45) is 0 Å². The molecule has 1 aromatic heterocycles. The molecule has 0 aliphatic carbocycles. The highest BCUT2D eigenvalue weighted by molar-refractivity contribution is 7.99. The Morgan fingerprint density at radius 3 is 2.36 bits per heavy atom. The summed E-state index contributed by atoms with van der Waals surface area (Å²) < 4.78 is 1.71. The predicted octanol–water partition coefficient (Wildman–Crippen LogP) is 3.59. The fraction of sp³-hybridized carbons (Fsp3) is 0.333. The van der Waals surface area contributed by atoms with Crippen molar-refractivity contribution in [3.8, 4) is 5.69 Å². The van der Waals surface area contributed by atoms with Crippen LogP contribution in [0.3, 0.4) is 0 Å². The van der Waals surface area contributed by atoms with Gasteiger partial charge >= 0.3 is 0 Å². The molecule has 0 bridgehead atoms. The normalized spacial score (nSPS) is 10.9. The topological polar surface area (TPSA) is 63.9 Å². The number of aryl methyl sites for hydroxylation is 3. The van der Waals surface area contributed by atoms with Gasteiger partial charge in [0.25, 0.3) is 0 Å². The van der Waals surface area contributed by atoms with Crippen molar-refractivity contribution < 1.29 is 4.79 Å². The quantitative estimate of drug-likeness (QED) is 0.572. The van der Waals surface area contributed by atoms with Gasteiger partial charge in [0.15, 0.2) is 0 Å². The van der Waals surface area contributed by atoms with Crippen LogP contribution in [-0.4, -0.2) is 43.8 Å². The Labute approximate surface area is 169 Å². The van der Waals surface area contributed by atoms with E-state index in [1.807, 2.05) is 39.1 Å². The number of nitrogens with zero attached hydrogens (tertiary/aromatic N) is 5. The third-order valence-electron chi connectivity index (χ3n) is 4.69. The third-order valence-corrected chi connectivity index (χ3v) is 5.60. The van der Waals surface area contributed by atoms with Crippen molar-refractivity contribution in [2.75, 3.05) is 12.8 Å². The predicted molar refractivity (Wildman–Crippen MR) is 112 cm³/mol. The number of aromatic nitrogens is 4. The Kier molecular flexibility index (Phi) is 6.46. The van der Waals surface area contributed by atoms with Crippen LogP contribution in [0.1, 0.15) is 29.2 Å². The van der Waals surface area contributed by atoms with Gasteiger partial charge in [0.2, 0.25) is 11.1 Å². The maximum atomic E-state index is 12.6. The molecular weight excluding hydrogens is 370 g/mol. The van der Waals surface area contributed by atoms with E-state index in [0.29, 0.717) is 11.7 Å². The first-order valence-electron chi connectivity index (χ1n) is 9.29. The summed E-state index contributed by atoms with van der Waals surface area (Å²) >= 11 is 1.35. The monoisotopic (exact) mass is 395 g/mol. The molecule has 0 fully saturated rings. The Morgan fingerprint density at radius 2 is 1.71 bits per heavy atom. The van der Waals surface area contributed by atoms with Gasteiger partial charge in [-0.25, -0.2) is 0 Å². The lowest BCUT2D eigenvalue weighted by atomic mass is 10.1. The molecule has 3 rings (SSSR count). The van der Waals surface area contributed by atoms with Gasteiger partial charge in [0.05, 0.1) is 11.4 Å². The molecule has 0 aliphatic rings. The Bertz CT molecular complexity index is 931. The van der Waals surface area contributed by atoms with E-state index in [0.717, 1.165) is 28.8 Å². The largest absolute Gasteiger partial charge is 0.341 e. The first kappa shape index (κ1) is 20.1. The average Bonchev–Trinajstić information content (AvgIpc) is 3.14. The van der Waals surface area contributed by atoms with Gasteiger partial charge in [-0.05, 0) is 52.9 Å². The van der Waals surface area contributed by atoms with E-state index in [9.17, 15) is 4.79 Å². The highest BCUT2D eigenvalue weighted by atomic mass is 32.2. The SMILES string of the molecule is CCc1ccc(CN(C)C(=O)CSc2nnnn2-c2c(C)cccc2C)cc1.